The molecule has 5 heteroatoms. The molecule has 3 aromatic rings. The molecule has 0 spiro atoms. The molecule has 1 amide bonds. The molecule has 1 fully saturated rings. The van der Waals surface area contributed by atoms with Gasteiger partial charge in [-0.15, -0.1) is 0 Å². The van der Waals surface area contributed by atoms with E-state index in [-0.39, 0.29) is 11.9 Å². The number of amides is 1. The molecule has 0 bridgehead atoms. The monoisotopic (exact) mass is 323 g/mol. The van der Waals surface area contributed by atoms with Crippen LogP contribution in [0.4, 0.5) is 0 Å². The summed E-state index contributed by atoms with van der Waals surface area (Å²) in [5.74, 6) is 1.60. The van der Waals surface area contributed by atoms with E-state index in [9.17, 15) is 4.79 Å². The van der Waals surface area contributed by atoms with Gasteiger partial charge in [0.2, 0.25) is 5.91 Å². The van der Waals surface area contributed by atoms with Gasteiger partial charge < -0.3 is 9.32 Å². The highest BCUT2D eigenvalue weighted by Gasteiger charge is 2.32. The lowest BCUT2D eigenvalue weighted by molar-refractivity contribution is -0.135. The molecule has 1 aliphatic heterocycles. The van der Waals surface area contributed by atoms with Crippen molar-refractivity contribution in [1.82, 2.24) is 15.1 Å². The van der Waals surface area contributed by atoms with Crippen LogP contribution in [-0.4, -0.2) is 27.5 Å². The smallest absolute Gasteiger partial charge is 0.229 e. The molecule has 1 aliphatic rings. The Labute approximate surface area is 140 Å². The van der Waals surface area contributed by atoms with E-state index in [2.05, 4.69) is 17.1 Å². The SMILES string of the molecule is C[C@@H]1CCN(C(=O)Cc2[nH]nc3ccccc23)[C@H](c2ccco2)C1. The molecule has 0 aliphatic carbocycles. The Morgan fingerprint density at radius 2 is 2.21 bits per heavy atom. The van der Waals surface area contributed by atoms with Crippen molar-refractivity contribution in [1.29, 1.82) is 0 Å². The Bertz CT molecular complexity index is 837. The van der Waals surface area contributed by atoms with Crippen molar-refractivity contribution >= 4 is 16.8 Å². The quantitative estimate of drug-likeness (QED) is 0.799. The fourth-order valence-corrected chi connectivity index (χ4v) is 3.59. The van der Waals surface area contributed by atoms with Crippen molar-refractivity contribution in [2.75, 3.05) is 6.54 Å². The highest BCUT2D eigenvalue weighted by Crippen LogP contribution is 2.34. The van der Waals surface area contributed by atoms with Crippen molar-refractivity contribution < 1.29 is 9.21 Å². The van der Waals surface area contributed by atoms with Crippen LogP contribution in [-0.2, 0) is 11.2 Å². The Balaban J connectivity index is 1.58. The summed E-state index contributed by atoms with van der Waals surface area (Å²) in [6, 6.07) is 11.8. The first-order valence-corrected chi connectivity index (χ1v) is 8.47. The van der Waals surface area contributed by atoms with Crippen LogP contribution in [0, 0.1) is 5.92 Å². The third-order valence-electron chi connectivity index (χ3n) is 4.93. The number of benzene rings is 1. The fraction of sp³-hybridized carbons (Fsp3) is 0.368. The van der Waals surface area contributed by atoms with E-state index in [0.717, 1.165) is 41.7 Å². The number of nitrogens with one attached hydrogen (secondary N) is 1. The number of fused-ring (bicyclic) bond motifs is 1. The van der Waals surface area contributed by atoms with Gasteiger partial charge in [-0.3, -0.25) is 9.89 Å². The molecule has 2 aromatic heterocycles. The number of carbonyl (C=O) groups excluding carboxylic acids is 1. The minimum absolute atomic E-state index is 0.0328. The standard InChI is InChI=1S/C19H21N3O2/c1-13-8-9-22(17(11-13)18-7-4-10-24-18)19(23)12-16-14-5-2-3-6-15(14)20-21-16/h2-7,10,13,17H,8-9,11-12H2,1H3,(H,20,21)/t13-,17+/m1/s1. The maximum atomic E-state index is 13.0. The predicted molar refractivity (Wildman–Crippen MR) is 91.4 cm³/mol. The van der Waals surface area contributed by atoms with E-state index >= 15 is 0 Å². The summed E-state index contributed by atoms with van der Waals surface area (Å²) >= 11 is 0. The maximum Gasteiger partial charge on any atom is 0.229 e. The molecule has 0 unspecified atom stereocenters. The molecule has 24 heavy (non-hydrogen) atoms. The van der Waals surface area contributed by atoms with Gasteiger partial charge in [0, 0.05) is 11.9 Å². The minimum atomic E-state index is 0.0328. The molecular formula is C19H21N3O2. The van der Waals surface area contributed by atoms with E-state index < -0.39 is 0 Å². The summed E-state index contributed by atoms with van der Waals surface area (Å²) in [6.07, 6.45) is 4.00. The zero-order chi connectivity index (χ0) is 16.5. The lowest BCUT2D eigenvalue weighted by atomic mass is 9.90. The van der Waals surface area contributed by atoms with Crippen LogP contribution in [0.15, 0.2) is 47.1 Å². The topological polar surface area (TPSA) is 62.1 Å². The molecular weight excluding hydrogens is 302 g/mol. The van der Waals surface area contributed by atoms with Gasteiger partial charge in [-0.05, 0) is 37.0 Å². The second kappa shape index (κ2) is 6.15. The lowest BCUT2D eigenvalue weighted by Gasteiger charge is -2.37. The number of furan rings is 1. The van der Waals surface area contributed by atoms with Gasteiger partial charge in [0.25, 0.3) is 0 Å². The normalized spacial score (nSPS) is 21.3. The van der Waals surface area contributed by atoms with Crippen molar-refractivity contribution in [2.45, 2.75) is 32.2 Å². The number of likely N-dealkylation sites (tertiary alicyclic amines) is 1. The molecule has 1 N–H and O–H groups in total. The number of para-hydroxylation sites is 1. The molecule has 2 atom stereocenters. The van der Waals surface area contributed by atoms with Gasteiger partial charge in [-0.25, -0.2) is 0 Å². The van der Waals surface area contributed by atoms with Gasteiger partial charge in [-0.2, -0.15) is 5.10 Å². The highest BCUT2D eigenvalue weighted by atomic mass is 16.3. The third kappa shape index (κ3) is 2.70. The molecule has 1 aromatic carbocycles. The van der Waals surface area contributed by atoms with Crippen molar-refractivity contribution in [3.63, 3.8) is 0 Å². The number of H-pyrrole nitrogens is 1. The highest BCUT2D eigenvalue weighted by molar-refractivity contribution is 5.87. The van der Waals surface area contributed by atoms with E-state index in [0.29, 0.717) is 12.3 Å². The van der Waals surface area contributed by atoms with E-state index in [1.165, 1.54) is 0 Å². The van der Waals surface area contributed by atoms with Gasteiger partial charge >= 0.3 is 0 Å². The summed E-state index contributed by atoms with van der Waals surface area (Å²) < 4.78 is 5.59. The van der Waals surface area contributed by atoms with Gasteiger partial charge in [-0.1, -0.05) is 25.1 Å². The molecule has 5 nitrogen and oxygen atoms in total. The van der Waals surface area contributed by atoms with E-state index in [1.54, 1.807) is 6.26 Å². The van der Waals surface area contributed by atoms with Crippen LogP contribution >= 0.6 is 0 Å². The van der Waals surface area contributed by atoms with Crippen LogP contribution in [0.3, 0.4) is 0 Å². The number of aromatic nitrogens is 2. The molecule has 3 heterocycles. The number of carbonyl (C=O) groups is 1. The number of aromatic amines is 1. The zero-order valence-electron chi connectivity index (χ0n) is 13.7. The minimum Gasteiger partial charge on any atom is -0.467 e. The fourth-order valence-electron chi connectivity index (χ4n) is 3.59. The van der Waals surface area contributed by atoms with Crippen LogP contribution in [0.5, 0.6) is 0 Å². The van der Waals surface area contributed by atoms with Crippen molar-refractivity contribution in [3.8, 4) is 0 Å². The van der Waals surface area contributed by atoms with E-state index in [1.807, 2.05) is 41.3 Å². The summed E-state index contributed by atoms with van der Waals surface area (Å²) in [5, 5.41) is 8.32. The summed E-state index contributed by atoms with van der Waals surface area (Å²) in [6.45, 7) is 3.01. The predicted octanol–water partition coefficient (Wildman–Crippen LogP) is 3.70. The number of rotatable bonds is 3. The Kier molecular flexibility index (Phi) is 3.84. The molecule has 124 valence electrons. The number of nitrogens with zero attached hydrogens (tertiary/aromatic N) is 2. The van der Waals surface area contributed by atoms with Crippen molar-refractivity contribution in [3.05, 3.63) is 54.1 Å². The first-order chi connectivity index (χ1) is 11.7. The average Bonchev–Trinajstić information content (AvgIpc) is 3.25. The molecule has 4 rings (SSSR count). The van der Waals surface area contributed by atoms with Gasteiger partial charge in [0.1, 0.15) is 5.76 Å². The first kappa shape index (κ1) is 15.0. The number of hydrogen-bond donors (Lipinski definition) is 1. The largest absolute Gasteiger partial charge is 0.467 e. The Morgan fingerprint density at radius 1 is 1.33 bits per heavy atom. The molecule has 1 saturated heterocycles. The van der Waals surface area contributed by atoms with E-state index in [4.69, 9.17) is 4.42 Å². The van der Waals surface area contributed by atoms with Gasteiger partial charge in [0.05, 0.1) is 29.9 Å². The second-order valence-corrected chi connectivity index (χ2v) is 6.64. The Hall–Kier alpha value is -2.56. The van der Waals surface area contributed by atoms with Crippen molar-refractivity contribution in [2.24, 2.45) is 5.92 Å². The lowest BCUT2D eigenvalue weighted by Crippen LogP contribution is -2.41. The summed E-state index contributed by atoms with van der Waals surface area (Å²) in [7, 11) is 0. The summed E-state index contributed by atoms with van der Waals surface area (Å²) in [5.41, 5.74) is 1.78. The van der Waals surface area contributed by atoms with Crippen LogP contribution in [0.25, 0.3) is 10.9 Å². The van der Waals surface area contributed by atoms with Crippen LogP contribution in [0.1, 0.15) is 37.3 Å². The molecule has 0 saturated carbocycles. The zero-order valence-corrected chi connectivity index (χ0v) is 13.7. The number of hydrogen-bond acceptors (Lipinski definition) is 3. The first-order valence-electron chi connectivity index (χ1n) is 8.47. The van der Waals surface area contributed by atoms with Crippen LogP contribution < -0.4 is 0 Å². The molecule has 0 radical (unpaired) electrons. The summed E-state index contributed by atoms with van der Waals surface area (Å²) in [4.78, 5) is 14.9. The number of piperidine rings is 1. The maximum absolute atomic E-state index is 13.0. The second-order valence-electron chi connectivity index (χ2n) is 6.64. The van der Waals surface area contributed by atoms with Crippen LogP contribution in [0.2, 0.25) is 0 Å². The Morgan fingerprint density at radius 3 is 3.04 bits per heavy atom. The third-order valence-corrected chi connectivity index (χ3v) is 4.93. The van der Waals surface area contributed by atoms with Gasteiger partial charge in [0.15, 0.2) is 0 Å². The average molecular weight is 323 g/mol.